The molecule has 0 saturated carbocycles. The average Bonchev–Trinajstić information content (AvgIpc) is 2.66. The molecule has 2 N–H and O–H groups in total. The van der Waals surface area contributed by atoms with Gasteiger partial charge >= 0.3 is 0 Å². The number of aliphatic imine (C=N–C) groups is 1. The summed E-state index contributed by atoms with van der Waals surface area (Å²) in [7, 11) is 3.48. The summed E-state index contributed by atoms with van der Waals surface area (Å²) in [4.78, 5) is 20.2. The number of benzene rings is 1. The minimum Gasteiger partial charge on any atom is -0.354 e. The normalized spacial score (nSPS) is 15.5. The van der Waals surface area contributed by atoms with Crippen LogP contribution in [0, 0.1) is 0 Å². The van der Waals surface area contributed by atoms with Crippen LogP contribution in [0.1, 0.15) is 18.4 Å². The van der Waals surface area contributed by atoms with Crippen molar-refractivity contribution in [1.29, 1.82) is 0 Å². The third-order valence-electron chi connectivity index (χ3n) is 4.53. The standard InChI is InChI=1S/C20H30BrN5O.HI/c1-4-11-22-20(23-14-19(27)25(2)3)24-18-9-12-26(13-10-18)15-16-5-7-17(21)8-6-16;/h4-8,18H,1,9-15H2,2-3H3,(H2,22,23,24);1H. The fourth-order valence-electron chi connectivity index (χ4n) is 2.89. The highest BCUT2D eigenvalue weighted by atomic mass is 127. The van der Waals surface area contributed by atoms with E-state index in [1.165, 1.54) is 5.56 Å². The van der Waals surface area contributed by atoms with Crippen LogP contribution in [-0.4, -0.2) is 68.0 Å². The summed E-state index contributed by atoms with van der Waals surface area (Å²) in [6.45, 7) is 7.55. The summed E-state index contributed by atoms with van der Waals surface area (Å²) in [5.41, 5.74) is 1.33. The van der Waals surface area contributed by atoms with Crippen molar-refractivity contribution in [3.05, 3.63) is 47.0 Å². The van der Waals surface area contributed by atoms with Gasteiger partial charge in [0.2, 0.25) is 5.91 Å². The van der Waals surface area contributed by atoms with Crippen molar-refractivity contribution < 1.29 is 4.79 Å². The van der Waals surface area contributed by atoms with Gasteiger partial charge in [0.15, 0.2) is 5.96 Å². The second-order valence-corrected chi connectivity index (χ2v) is 7.86. The Kier molecular flexibility index (Phi) is 11.7. The molecule has 1 fully saturated rings. The Morgan fingerprint density at radius 2 is 1.96 bits per heavy atom. The number of carbonyl (C=O) groups is 1. The largest absolute Gasteiger partial charge is 0.354 e. The quantitative estimate of drug-likeness (QED) is 0.232. The lowest BCUT2D eigenvalue weighted by molar-refractivity contribution is -0.127. The third kappa shape index (κ3) is 8.91. The second-order valence-electron chi connectivity index (χ2n) is 6.94. The molecule has 1 aliphatic rings. The number of carbonyl (C=O) groups excluding carboxylic acids is 1. The van der Waals surface area contributed by atoms with Gasteiger partial charge in [-0.05, 0) is 30.5 Å². The minimum atomic E-state index is -0.0148. The summed E-state index contributed by atoms with van der Waals surface area (Å²) >= 11 is 3.48. The van der Waals surface area contributed by atoms with E-state index in [0.717, 1.165) is 36.9 Å². The molecule has 0 radical (unpaired) electrons. The molecule has 1 heterocycles. The molecule has 8 heteroatoms. The summed E-state index contributed by atoms with van der Waals surface area (Å²) in [5, 5.41) is 6.66. The molecule has 2 rings (SSSR count). The molecule has 0 unspecified atom stereocenters. The fourth-order valence-corrected chi connectivity index (χ4v) is 3.15. The third-order valence-corrected chi connectivity index (χ3v) is 5.06. The Morgan fingerprint density at radius 1 is 1.32 bits per heavy atom. The maximum absolute atomic E-state index is 11.8. The van der Waals surface area contributed by atoms with Crippen molar-refractivity contribution in [2.45, 2.75) is 25.4 Å². The summed E-state index contributed by atoms with van der Waals surface area (Å²) in [5.74, 6) is 0.662. The number of likely N-dealkylation sites (N-methyl/N-ethyl adjacent to an activating group) is 1. The van der Waals surface area contributed by atoms with Crippen LogP contribution in [0.3, 0.4) is 0 Å². The number of hydrogen-bond acceptors (Lipinski definition) is 3. The van der Waals surface area contributed by atoms with E-state index < -0.39 is 0 Å². The molecule has 156 valence electrons. The predicted molar refractivity (Wildman–Crippen MR) is 130 cm³/mol. The number of hydrogen-bond donors (Lipinski definition) is 2. The van der Waals surface area contributed by atoms with Gasteiger partial charge in [0.25, 0.3) is 0 Å². The van der Waals surface area contributed by atoms with Gasteiger partial charge in [0.1, 0.15) is 6.54 Å². The van der Waals surface area contributed by atoms with Gasteiger partial charge < -0.3 is 15.5 Å². The maximum atomic E-state index is 11.8. The van der Waals surface area contributed by atoms with Gasteiger partial charge in [-0.1, -0.05) is 34.1 Å². The molecule has 0 aliphatic carbocycles. The van der Waals surface area contributed by atoms with Crippen LogP contribution < -0.4 is 10.6 Å². The number of amides is 1. The number of rotatable bonds is 7. The predicted octanol–water partition coefficient (Wildman–Crippen LogP) is 2.84. The highest BCUT2D eigenvalue weighted by Crippen LogP contribution is 2.16. The number of likely N-dealkylation sites (tertiary alicyclic amines) is 1. The Morgan fingerprint density at radius 3 is 2.54 bits per heavy atom. The molecule has 0 bridgehead atoms. The average molecular weight is 564 g/mol. The molecular weight excluding hydrogens is 533 g/mol. The highest BCUT2D eigenvalue weighted by molar-refractivity contribution is 14.0. The monoisotopic (exact) mass is 563 g/mol. The molecule has 1 aromatic rings. The number of guanidine groups is 1. The second kappa shape index (κ2) is 13.2. The number of halogens is 2. The van der Waals surface area contributed by atoms with Gasteiger partial charge in [0, 0.05) is 50.8 Å². The van der Waals surface area contributed by atoms with Crippen LogP contribution in [0.4, 0.5) is 0 Å². The molecular formula is C20H31BrIN5O. The van der Waals surface area contributed by atoms with Crippen LogP contribution >= 0.6 is 39.9 Å². The molecule has 28 heavy (non-hydrogen) atoms. The van der Waals surface area contributed by atoms with Crippen molar-refractivity contribution in [3.8, 4) is 0 Å². The zero-order chi connectivity index (χ0) is 19.6. The van der Waals surface area contributed by atoms with Gasteiger partial charge in [-0.15, -0.1) is 30.6 Å². The lowest BCUT2D eigenvalue weighted by atomic mass is 10.0. The number of piperidine rings is 1. The summed E-state index contributed by atoms with van der Waals surface area (Å²) < 4.78 is 1.11. The SMILES string of the molecule is C=CCNC(=NCC(=O)N(C)C)NC1CCN(Cc2ccc(Br)cc2)CC1.I. The van der Waals surface area contributed by atoms with Gasteiger partial charge in [0.05, 0.1) is 0 Å². The Balaban J connectivity index is 0.00000392. The van der Waals surface area contributed by atoms with Gasteiger partial charge in [-0.3, -0.25) is 9.69 Å². The van der Waals surface area contributed by atoms with Crippen LogP contribution in [0.15, 0.2) is 46.4 Å². The smallest absolute Gasteiger partial charge is 0.243 e. The molecule has 1 saturated heterocycles. The summed E-state index contributed by atoms with van der Waals surface area (Å²) in [6.07, 6.45) is 3.88. The topological polar surface area (TPSA) is 60.0 Å². The van der Waals surface area contributed by atoms with Crippen molar-refractivity contribution in [2.24, 2.45) is 4.99 Å². The van der Waals surface area contributed by atoms with Crippen molar-refractivity contribution in [1.82, 2.24) is 20.4 Å². The van der Waals surface area contributed by atoms with E-state index in [1.807, 2.05) is 0 Å². The molecule has 0 spiro atoms. The lowest BCUT2D eigenvalue weighted by Crippen LogP contribution is -2.48. The van der Waals surface area contributed by atoms with E-state index >= 15 is 0 Å². The van der Waals surface area contributed by atoms with E-state index in [2.05, 4.69) is 67.3 Å². The van der Waals surface area contributed by atoms with E-state index in [9.17, 15) is 4.79 Å². The Hall–Kier alpha value is -1.13. The first-order valence-electron chi connectivity index (χ1n) is 9.30. The van der Waals surface area contributed by atoms with E-state index in [1.54, 1.807) is 25.1 Å². The van der Waals surface area contributed by atoms with Gasteiger partial charge in [-0.2, -0.15) is 0 Å². The molecule has 1 amide bonds. The first kappa shape index (κ1) is 24.9. The molecule has 0 atom stereocenters. The lowest BCUT2D eigenvalue weighted by Gasteiger charge is -2.33. The van der Waals surface area contributed by atoms with Crippen LogP contribution in [0.2, 0.25) is 0 Å². The van der Waals surface area contributed by atoms with Crippen LogP contribution in [-0.2, 0) is 11.3 Å². The van der Waals surface area contributed by atoms with Crippen LogP contribution in [0.5, 0.6) is 0 Å². The zero-order valence-electron chi connectivity index (χ0n) is 16.7. The first-order chi connectivity index (χ1) is 13.0. The van der Waals surface area contributed by atoms with E-state index in [-0.39, 0.29) is 36.4 Å². The van der Waals surface area contributed by atoms with Crippen LogP contribution in [0.25, 0.3) is 0 Å². The molecule has 1 aliphatic heterocycles. The minimum absolute atomic E-state index is 0. The van der Waals surface area contributed by atoms with Crippen molar-refractivity contribution in [3.63, 3.8) is 0 Å². The molecule has 1 aromatic carbocycles. The number of nitrogens with one attached hydrogen (secondary N) is 2. The Labute approximate surface area is 194 Å². The highest BCUT2D eigenvalue weighted by Gasteiger charge is 2.20. The summed E-state index contributed by atoms with van der Waals surface area (Å²) in [6, 6.07) is 8.87. The van der Waals surface area contributed by atoms with Crippen molar-refractivity contribution in [2.75, 3.05) is 40.3 Å². The van der Waals surface area contributed by atoms with E-state index in [0.29, 0.717) is 18.5 Å². The number of nitrogens with zero attached hydrogens (tertiary/aromatic N) is 3. The fraction of sp³-hybridized carbons (Fsp3) is 0.500. The van der Waals surface area contributed by atoms with E-state index in [4.69, 9.17) is 0 Å². The van der Waals surface area contributed by atoms with Gasteiger partial charge in [-0.25, -0.2) is 4.99 Å². The zero-order valence-corrected chi connectivity index (χ0v) is 20.6. The first-order valence-corrected chi connectivity index (χ1v) is 10.1. The Bertz CT molecular complexity index is 643. The molecule has 6 nitrogen and oxygen atoms in total. The maximum Gasteiger partial charge on any atom is 0.243 e. The van der Waals surface area contributed by atoms with Crippen molar-refractivity contribution >= 4 is 51.8 Å². The molecule has 0 aromatic heterocycles.